The number of carbonyl (C=O) groups is 2. The zero-order valence-electron chi connectivity index (χ0n) is 23.8. The maximum Gasteiger partial charge on any atom is 0.514 e. The molecule has 0 heterocycles. The molecule has 0 bridgehead atoms. The van der Waals surface area contributed by atoms with E-state index in [0.29, 0.717) is 10.8 Å². The first kappa shape index (κ1) is 31.1. The Kier molecular flexibility index (Phi) is 13.6. The van der Waals surface area contributed by atoms with E-state index >= 15 is 0 Å². The second kappa shape index (κ2) is 16.6. The van der Waals surface area contributed by atoms with E-state index in [4.69, 9.17) is 28.4 Å². The molecule has 2 rings (SSSR count). The van der Waals surface area contributed by atoms with Crippen LogP contribution >= 0.6 is 0 Å². The molecule has 0 amide bonds. The monoisotopic (exact) mass is 532 g/mol. The van der Waals surface area contributed by atoms with Gasteiger partial charge in [-0.05, 0) is 38.5 Å². The molecule has 0 spiro atoms. The van der Waals surface area contributed by atoms with Crippen LogP contribution in [0.5, 0.6) is 23.0 Å². The highest BCUT2D eigenvalue weighted by atomic mass is 16.7. The molecule has 2 atom stereocenters. The first-order valence-electron chi connectivity index (χ1n) is 13.9. The van der Waals surface area contributed by atoms with E-state index in [9.17, 15) is 9.59 Å². The Morgan fingerprint density at radius 1 is 0.658 bits per heavy atom. The topological polar surface area (TPSA) is 89.5 Å². The summed E-state index contributed by atoms with van der Waals surface area (Å²) in [5.41, 5.74) is 0. The molecule has 0 radical (unpaired) electrons. The molecule has 0 aliphatic carbocycles. The van der Waals surface area contributed by atoms with Crippen molar-refractivity contribution in [3.8, 4) is 23.0 Å². The minimum atomic E-state index is -0.837. The van der Waals surface area contributed by atoms with E-state index in [0.717, 1.165) is 38.5 Å². The minimum Gasteiger partial charge on any atom is -0.487 e. The van der Waals surface area contributed by atoms with Gasteiger partial charge in [-0.15, -0.1) is 0 Å². The summed E-state index contributed by atoms with van der Waals surface area (Å²) in [6.07, 6.45) is 4.55. The predicted molar refractivity (Wildman–Crippen MR) is 148 cm³/mol. The fraction of sp³-hybridized carbons (Fsp3) is 0.600. The first-order valence-corrected chi connectivity index (χ1v) is 13.9. The van der Waals surface area contributed by atoms with Crippen LogP contribution in [0.2, 0.25) is 0 Å². The third-order valence-corrected chi connectivity index (χ3v) is 6.06. The van der Waals surface area contributed by atoms with Crippen LogP contribution in [0, 0.1) is 11.8 Å². The second-order valence-electron chi connectivity index (χ2n) is 9.55. The van der Waals surface area contributed by atoms with Crippen LogP contribution in [0.4, 0.5) is 9.59 Å². The number of carbonyl (C=O) groups excluding carboxylic acids is 2. The van der Waals surface area contributed by atoms with E-state index in [1.165, 1.54) is 0 Å². The van der Waals surface area contributed by atoms with Crippen LogP contribution in [0.25, 0.3) is 10.8 Å². The molecule has 0 aliphatic rings. The molecule has 2 unspecified atom stereocenters. The normalized spacial score (nSPS) is 12.5. The highest BCUT2D eigenvalue weighted by molar-refractivity contribution is 6.00. The molecule has 2 aromatic carbocycles. The van der Waals surface area contributed by atoms with Crippen molar-refractivity contribution in [2.45, 2.75) is 80.1 Å². The third kappa shape index (κ3) is 9.30. The highest BCUT2D eigenvalue weighted by Gasteiger charge is 2.28. The number of unbranched alkanes of at least 4 members (excludes halogenated alkanes) is 2. The second-order valence-corrected chi connectivity index (χ2v) is 9.55. The van der Waals surface area contributed by atoms with Crippen molar-refractivity contribution >= 4 is 23.1 Å². The Balaban J connectivity index is 2.39. The first-order chi connectivity index (χ1) is 18.4. The van der Waals surface area contributed by atoms with Crippen molar-refractivity contribution in [3.63, 3.8) is 0 Å². The molecule has 8 nitrogen and oxygen atoms in total. The number of hydrogen-bond acceptors (Lipinski definition) is 8. The number of hydrogen-bond donors (Lipinski definition) is 0. The van der Waals surface area contributed by atoms with Crippen molar-refractivity contribution in [1.29, 1.82) is 0 Å². The van der Waals surface area contributed by atoms with Crippen molar-refractivity contribution in [3.05, 3.63) is 24.3 Å². The van der Waals surface area contributed by atoms with E-state index in [-0.39, 0.29) is 61.3 Å². The van der Waals surface area contributed by atoms with Crippen molar-refractivity contribution in [2.24, 2.45) is 11.8 Å². The summed E-state index contributed by atoms with van der Waals surface area (Å²) < 4.78 is 34.0. The number of benzene rings is 2. The molecular formula is C30H44O8. The van der Waals surface area contributed by atoms with Crippen molar-refractivity contribution in [2.75, 3.05) is 26.4 Å². The summed E-state index contributed by atoms with van der Waals surface area (Å²) in [5.74, 6) is 1.04. The van der Waals surface area contributed by atoms with Crippen LogP contribution in [-0.4, -0.2) is 38.7 Å². The fourth-order valence-electron chi connectivity index (χ4n) is 4.00. The molecule has 0 fully saturated rings. The summed E-state index contributed by atoms with van der Waals surface area (Å²) in [6.45, 7) is 12.9. The summed E-state index contributed by atoms with van der Waals surface area (Å²) in [6, 6.07) is 7.10. The number of ether oxygens (including phenoxy) is 6. The van der Waals surface area contributed by atoms with E-state index < -0.39 is 12.3 Å². The molecule has 8 heteroatoms. The summed E-state index contributed by atoms with van der Waals surface area (Å²) >= 11 is 0. The lowest BCUT2D eigenvalue weighted by Crippen LogP contribution is -2.18. The Hall–Kier alpha value is -3.16. The van der Waals surface area contributed by atoms with Gasteiger partial charge < -0.3 is 28.4 Å². The lowest BCUT2D eigenvalue weighted by Gasteiger charge is -2.21. The van der Waals surface area contributed by atoms with Crippen LogP contribution in [0.1, 0.15) is 80.1 Å². The molecule has 212 valence electrons. The van der Waals surface area contributed by atoms with Crippen molar-refractivity contribution in [1.82, 2.24) is 0 Å². The van der Waals surface area contributed by atoms with Crippen molar-refractivity contribution < 1.29 is 38.0 Å². The SMILES string of the molecule is CCCCC(C)COC(=O)Oc1c(OCC)c(OCC)c(OC(=O)OCC(C)CCCC)c2ccccc12. The smallest absolute Gasteiger partial charge is 0.487 e. The van der Waals surface area contributed by atoms with Gasteiger partial charge in [0.25, 0.3) is 0 Å². The van der Waals surface area contributed by atoms with E-state index in [2.05, 4.69) is 13.8 Å². The molecule has 0 N–H and O–H groups in total. The summed E-state index contributed by atoms with van der Waals surface area (Å²) in [5, 5.41) is 1.02. The lowest BCUT2D eigenvalue weighted by molar-refractivity contribution is 0.0812. The molecule has 0 saturated heterocycles. The zero-order valence-corrected chi connectivity index (χ0v) is 23.8. The number of fused-ring (bicyclic) bond motifs is 1. The maximum absolute atomic E-state index is 12.7. The molecule has 38 heavy (non-hydrogen) atoms. The fourth-order valence-corrected chi connectivity index (χ4v) is 4.00. The largest absolute Gasteiger partial charge is 0.514 e. The lowest BCUT2D eigenvalue weighted by atomic mass is 10.1. The standard InChI is InChI=1S/C30H44O8/c1-7-11-15-21(5)19-35-29(31)37-25-23-17-13-14-18-24(23)26(28(34-10-4)27(25)33-9-3)38-30(32)36-20-22(6)16-12-8-2/h13-14,17-18,21-22H,7-12,15-16,19-20H2,1-6H3. The van der Waals surface area contributed by atoms with Gasteiger partial charge in [-0.3, -0.25) is 0 Å². The Bertz CT molecular complexity index is 938. The van der Waals surface area contributed by atoms with Gasteiger partial charge in [0.2, 0.25) is 11.5 Å². The average molecular weight is 533 g/mol. The van der Waals surface area contributed by atoms with E-state index in [1.54, 1.807) is 38.1 Å². The Labute approximate surface area is 226 Å². The highest BCUT2D eigenvalue weighted by Crippen LogP contribution is 2.51. The summed E-state index contributed by atoms with van der Waals surface area (Å²) in [7, 11) is 0. The van der Waals surface area contributed by atoms with Crippen LogP contribution in [-0.2, 0) is 9.47 Å². The van der Waals surface area contributed by atoms with E-state index in [1.807, 2.05) is 13.8 Å². The predicted octanol–water partition coefficient (Wildman–Crippen LogP) is 8.32. The van der Waals surface area contributed by atoms with Gasteiger partial charge in [0.1, 0.15) is 0 Å². The van der Waals surface area contributed by atoms with Crippen LogP contribution in [0.15, 0.2) is 24.3 Å². The molecule has 0 aromatic heterocycles. The maximum atomic E-state index is 12.7. The molecule has 0 aliphatic heterocycles. The van der Waals surface area contributed by atoms with Gasteiger partial charge in [0, 0.05) is 10.8 Å². The van der Waals surface area contributed by atoms with Crippen LogP contribution < -0.4 is 18.9 Å². The number of rotatable bonds is 16. The quantitative estimate of drug-likeness (QED) is 0.157. The van der Waals surface area contributed by atoms with Gasteiger partial charge in [0.05, 0.1) is 26.4 Å². The molecule has 0 saturated carbocycles. The van der Waals surface area contributed by atoms with Gasteiger partial charge >= 0.3 is 12.3 Å². The third-order valence-electron chi connectivity index (χ3n) is 6.06. The zero-order chi connectivity index (χ0) is 27.9. The van der Waals surface area contributed by atoms with Gasteiger partial charge in [-0.2, -0.15) is 0 Å². The molecule has 2 aromatic rings. The average Bonchev–Trinajstić information content (AvgIpc) is 2.92. The summed E-state index contributed by atoms with van der Waals surface area (Å²) in [4.78, 5) is 25.4. The Morgan fingerprint density at radius 3 is 1.39 bits per heavy atom. The Morgan fingerprint density at radius 2 is 1.05 bits per heavy atom. The van der Waals surface area contributed by atoms with Gasteiger partial charge in [-0.1, -0.05) is 77.6 Å². The van der Waals surface area contributed by atoms with Gasteiger partial charge in [0.15, 0.2) is 11.5 Å². The van der Waals surface area contributed by atoms with Gasteiger partial charge in [-0.25, -0.2) is 9.59 Å². The minimum absolute atomic E-state index is 0.144. The molecular weight excluding hydrogens is 488 g/mol. The van der Waals surface area contributed by atoms with Crippen LogP contribution in [0.3, 0.4) is 0 Å².